The molecule has 0 spiro atoms. The Morgan fingerprint density at radius 1 is 1.44 bits per heavy atom. The Kier molecular flexibility index (Phi) is 4.28. The summed E-state index contributed by atoms with van der Waals surface area (Å²) in [6.45, 7) is 2.74. The van der Waals surface area contributed by atoms with Crippen molar-refractivity contribution in [2.45, 2.75) is 19.4 Å². The van der Waals surface area contributed by atoms with E-state index in [1.54, 1.807) is 19.1 Å². The average molecular weight is 252 g/mol. The minimum atomic E-state index is -0.252. The van der Waals surface area contributed by atoms with Gasteiger partial charge in [-0.25, -0.2) is 4.39 Å². The van der Waals surface area contributed by atoms with Crippen molar-refractivity contribution in [3.8, 4) is 0 Å². The van der Waals surface area contributed by atoms with Crippen LogP contribution in [0.3, 0.4) is 0 Å². The van der Waals surface area contributed by atoms with Gasteiger partial charge < -0.3 is 4.74 Å². The van der Waals surface area contributed by atoms with Gasteiger partial charge >= 0.3 is 5.97 Å². The van der Waals surface area contributed by atoms with Gasteiger partial charge in [-0.05, 0) is 31.0 Å². The Labute approximate surface area is 105 Å². The predicted octanol–water partition coefficient (Wildman–Crippen LogP) is 1.02. The van der Waals surface area contributed by atoms with E-state index in [9.17, 15) is 9.18 Å². The fourth-order valence-electron chi connectivity index (χ4n) is 2.11. The van der Waals surface area contributed by atoms with Crippen LogP contribution in [0.1, 0.15) is 12.5 Å². The molecule has 1 saturated heterocycles. The van der Waals surface area contributed by atoms with Crippen LogP contribution < -0.4 is 10.9 Å². The summed E-state index contributed by atoms with van der Waals surface area (Å²) < 4.78 is 17.8. The second kappa shape index (κ2) is 5.93. The van der Waals surface area contributed by atoms with Gasteiger partial charge in [0.05, 0.1) is 12.5 Å². The van der Waals surface area contributed by atoms with E-state index in [0.29, 0.717) is 19.6 Å². The Balaban J connectivity index is 1.99. The van der Waals surface area contributed by atoms with Crippen molar-refractivity contribution in [1.29, 1.82) is 0 Å². The lowest BCUT2D eigenvalue weighted by atomic mass is 9.95. The normalized spacial score (nSPS) is 23.0. The molecule has 4 nitrogen and oxygen atoms in total. The van der Waals surface area contributed by atoms with Crippen LogP contribution >= 0.6 is 0 Å². The van der Waals surface area contributed by atoms with E-state index in [1.165, 1.54) is 12.1 Å². The third kappa shape index (κ3) is 3.05. The quantitative estimate of drug-likeness (QED) is 0.786. The van der Waals surface area contributed by atoms with Crippen LogP contribution in [0.25, 0.3) is 0 Å². The number of benzene rings is 1. The van der Waals surface area contributed by atoms with Gasteiger partial charge in [-0.1, -0.05) is 12.1 Å². The fraction of sp³-hybridized carbons (Fsp3) is 0.462. The Bertz CT molecular complexity index is 408. The van der Waals surface area contributed by atoms with Crippen molar-refractivity contribution < 1.29 is 13.9 Å². The standard InChI is InChI=1S/C13H17FN2O2/c1-2-18-13(17)11-8-15-16-12(11)7-9-3-5-10(14)6-4-9/h3-6,11-12,15-16H,2,7-8H2,1H3. The summed E-state index contributed by atoms with van der Waals surface area (Å²) in [5.74, 6) is -0.643. The highest BCUT2D eigenvalue weighted by Gasteiger charge is 2.33. The number of ether oxygens (including phenoxy) is 1. The minimum absolute atomic E-state index is 0.0190. The molecule has 1 aromatic rings. The van der Waals surface area contributed by atoms with Crippen molar-refractivity contribution in [2.24, 2.45) is 5.92 Å². The number of hydrogen-bond acceptors (Lipinski definition) is 4. The third-order valence-electron chi connectivity index (χ3n) is 3.05. The second-order valence-electron chi connectivity index (χ2n) is 4.32. The van der Waals surface area contributed by atoms with E-state index in [0.717, 1.165) is 5.56 Å². The summed E-state index contributed by atoms with van der Waals surface area (Å²) >= 11 is 0. The molecule has 5 heteroatoms. The summed E-state index contributed by atoms with van der Waals surface area (Å²) in [5.41, 5.74) is 7.03. The monoisotopic (exact) mass is 252 g/mol. The number of nitrogens with one attached hydrogen (secondary N) is 2. The first-order valence-electron chi connectivity index (χ1n) is 6.10. The SMILES string of the molecule is CCOC(=O)C1CNNC1Cc1ccc(F)cc1. The van der Waals surface area contributed by atoms with Crippen molar-refractivity contribution >= 4 is 5.97 Å². The third-order valence-corrected chi connectivity index (χ3v) is 3.05. The van der Waals surface area contributed by atoms with Gasteiger partial charge in [-0.3, -0.25) is 15.6 Å². The number of hydrazine groups is 1. The summed E-state index contributed by atoms with van der Waals surface area (Å²) in [6, 6.07) is 6.30. The highest BCUT2D eigenvalue weighted by Crippen LogP contribution is 2.15. The van der Waals surface area contributed by atoms with Gasteiger partial charge in [-0.2, -0.15) is 0 Å². The van der Waals surface area contributed by atoms with Crippen molar-refractivity contribution in [3.63, 3.8) is 0 Å². The molecule has 1 fully saturated rings. The van der Waals surface area contributed by atoms with E-state index in [-0.39, 0.29) is 23.7 Å². The molecule has 0 saturated carbocycles. The maximum absolute atomic E-state index is 12.8. The second-order valence-corrected chi connectivity index (χ2v) is 4.32. The molecule has 0 bridgehead atoms. The van der Waals surface area contributed by atoms with Crippen LogP contribution in [0.4, 0.5) is 4.39 Å². The molecule has 2 N–H and O–H groups in total. The zero-order valence-corrected chi connectivity index (χ0v) is 10.3. The van der Waals surface area contributed by atoms with Crippen LogP contribution in [0.2, 0.25) is 0 Å². The van der Waals surface area contributed by atoms with Crippen molar-refractivity contribution in [1.82, 2.24) is 10.9 Å². The van der Waals surface area contributed by atoms with Gasteiger partial charge in [0.15, 0.2) is 0 Å². The number of esters is 1. The minimum Gasteiger partial charge on any atom is -0.466 e. The molecule has 1 aliphatic heterocycles. The molecular formula is C13H17FN2O2. The highest BCUT2D eigenvalue weighted by atomic mass is 19.1. The lowest BCUT2D eigenvalue weighted by molar-refractivity contribution is -0.147. The van der Waals surface area contributed by atoms with Crippen LogP contribution in [-0.4, -0.2) is 25.2 Å². The first kappa shape index (κ1) is 13.0. The van der Waals surface area contributed by atoms with Crippen LogP contribution in [0.5, 0.6) is 0 Å². The number of hydrogen-bond donors (Lipinski definition) is 2. The van der Waals surface area contributed by atoms with E-state index in [2.05, 4.69) is 10.9 Å². The van der Waals surface area contributed by atoms with Crippen molar-refractivity contribution in [3.05, 3.63) is 35.6 Å². The van der Waals surface area contributed by atoms with E-state index in [4.69, 9.17) is 4.74 Å². The highest BCUT2D eigenvalue weighted by molar-refractivity contribution is 5.74. The first-order chi connectivity index (χ1) is 8.70. The molecule has 0 aliphatic carbocycles. The molecular weight excluding hydrogens is 235 g/mol. The molecule has 1 aliphatic rings. The Morgan fingerprint density at radius 3 is 2.83 bits per heavy atom. The fourth-order valence-corrected chi connectivity index (χ4v) is 2.11. The lowest BCUT2D eigenvalue weighted by Gasteiger charge is -2.16. The van der Waals surface area contributed by atoms with Gasteiger partial charge in [0, 0.05) is 12.6 Å². The summed E-state index contributed by atoms with van der Waals surface area (Å²) in [4.78, 5) is 11.7. The molecule has 1 heterocycles. The molecule has 98 valence electrons. The lowest BCUT2D eigenvalue weighted by Crippen LogP contribution is -2.36. The number of halogens is 1. The molecule has 2 rings (SSSR count). The van der Waals surface area contributed by atoms with E-state index in [1.807, 2.05) is 0 Å². The number of rotatable bonds is 4. The van der Waals surface area contributed by atoms with Gasteiger partial charge in [-0.15, -0.1) is 0 Å². The van der Waals surface area contributed by atoms with Crippen LogP contribution in [0, 0.1) is 11.7 Å². The van der Waals surface area contributed by atoms with Gasteiger partial charge in [0.25, 0.3) is 0 Å². The predicted molar refractivity (Wildman–Crippen MR) is 65.2 cm³/mol. The molecule has 1 aromatic carbocycles. The number of carbonyl (C=O) groups excluding carboxylic acids is 1. The summed E-state index contributed by atoms with van der Waals surface area (Å²) in [6.07, 6.45) is 0.663. The molecule has 2 atom stereocenters. The molecule has 0 radical (unpaired) electrons. The average Bonchev–Trinajstić information content (AvgIpc) is 2.81. The zero-order chi connectivity index (χ0) is 13.0. The number of carbonyl (C=O) groups is 1. The summed E-state index contributed by atoms with van der Waals surface area (Å²) in [7, 11) is 0. The Morgan fingerprint density at radius 2 is 2.17 bits per heavy atom. The maximum atomic E-state index is 12.8. The molecule has 0 aromatic heterocycles. The van der Waals surface area contributed by atoms with Crippen molar-refractivity contribution in [2.75, 3.05) is 13.2 Å². The Hall–Kier alpha value is -1.46. The topological polar surface area (TPSA) is 50.4 Å². The molecule has 0 amide bonds. The maximum Gasteiger partial charge on any atom is 0.311 e. The van der Waals surface area contributed by atoms with Crippen LogP contribution in [-0.2, 0) is 16.0 Å². The van der Waals surface area contributed by atoms with Crippen LogP contribution in [0.15, 0.2) is 24.3 Å². The largest absolute Gasteiger partial charge is 0.466 e. The summed E-state index contributed by atoms with van der Waals surface area (Å²) in [5, 5.41) is 0. The van der Waals surface area contributed by atoms with Gasteiger partial charge in [0.2, 0.25) is 0 Å². The smallest absolute Gasteiger partial charge is 0.311 e. The molecule has 18 heavy (non-hydrogen) atoms. The molecule has 2 unspecified atom stereocenters. The van der Waals surface area contributed by atoms with E-state index < -0.39 is 0 Å². The van der Waals surface area contributed by atoms with E-state index >= 15 is 0 Å². The zero-order valence-electron chi connectivity index (χ0n) is 10.3. The first-order valence-corrected chi connectivity index (χ1v) is 6.10. The van der Waals surface area contributed by atoms with Gasteiger partial charge in [0.1, 0.15) is 5.82 Å².